The van der Waals surface area contributed by atoms with Crippen molar-refractivity contribution >= 4 is 64.2 Å². The van der Waals surface area contributed by atoms with Crippen molar-refractivity contribution in [2.45, 2.75) is 37.9 Å². The zero-order valence-electron chi connectivity index (χ0n) is 18.2. The molecule has 2 aromatic carbocycles. The van der Waals surface area contributed by atoms with Crippen molar-refractivity contribution in [1.29, 1.82) is 0 Å². The number of benzene rings is 2. The van der Waals surface area contributed by atoms with E-state index in [4.69, 9.17) is 4.74 Å². The van der Waals surface area contributed by atoms with Crippen LogP contribution in [0.4, 0.5) is 5.13 Å². The van der Waals surface area contributed by atoms with E-state index in [0.717, 1.165) is 25.4 Å². The van der Waals surface area contributed by atoms with Crippen LogP contribution in [0, 0.1) is 6.92 Å². The molecule has 33 heavy (non-hydrogen) atoms. The lowest BCUT2D eigenvalue weighted by Crippen LogP contribution is -2.48. The summed E-state index contributed by atoms with van der Waals surface area (Å²) in [5.41, 5.74) is 2.03. The van der Waals surface area contributed by atoms with Gasteiger partial charge in [-0.15, -0.1) is 11.3 Å². The second-order valence-electron chi connectivity index (χ2n) is 8.07. The molecule has 4 aromatic rings. The quantitative estimate of drug-likeness (QED) is 0.447. The zero-order chi connectivity index (χ0) is 23.3. The monoisotopic (exact) mass is 502 g/mol. The van der Waals surface area contributed by atoms with E-state index in [1.807, 2.05) is 32.9 Å². The summed E-state index contributed by atoms with van der Waals surface area (Å²) in [7, 11) is -3.66. The Balaban J connectivity index is 1.35. The fraction of sp³-hybridized carbons (Fsp3) is 0.318. The van der Waals surface area contributed by atoms with E-state index < -0.39 is 10.0 Å². The van der Waals surface area contributed by atoms with E-state index in [1.165, 1.54) is 39.9 Å². The van der Waals surface area contributed by atoms with Crippen LogP contribution in [0.2, 0.25) is 0 Å². The van der Waals surface area contributed by atoms with E-state index in [0.29, 0.717) is 23.8 Å². The van der Waals surface area contributed by atoms with Crippen molar-refractivity contribution in [1.82, 2.24) is 14.3 Å². The zero-order valence-corrected chi connectivity index (χ0v) is 20.7. The van der Waals surface area contributed by atoms with Gasteiger partial charge in [0.25, 0.3) is 5.91 Å². The molecule has 11 heteroatoms. The number of sulfonamides is 1. The van der Waals surface area contributed by atoms with Gasteiger partial charge in [-0.2, -0.15) is 4.31 Å². The Labute approximate surface area is 199 Å². The van der Waals surface area contributed by atoms with Gasteiger partial charge < -0.3 is 4.74 Å². The molecule has 1 saturated heterocycles. The number of rotatable bonds is 4. The Morgan fingerprint density at radius 3 is 2.45 bits per heavy atom. The van der Waals surface area contributed by atoms with Gasteiger partial charge in [-0.25, -0.2) is 18.4 Å². The van der Waals surface area contributed by atoms with Crippen molar-refractivity contribution in [3.05, 3.63) is 47.0 Å². The van der Waals surface area contributed by atoms with Crippen LogP contribution in [0.5, 0.6) is 0 Å². The minimum absolute atomic E-state index is 0.154. The summed E-state index contributed by atoms with van der Waals surface area (Å²) in [6, 6.07) is 9.89. The fourth-order valence-corrected chi connectivity index (χ4v) is 7.41. The maximum absolute atomic E-state index is 13.0. The van der Waals surface area contributed by atoms with Crippen LogP contribution >= 0.6 is 22.7 Å². The summed E-state index contributed by atoms with van der Waals surface area (Å²) in [6.07, 6.45) is -0.339. The lowest BCUT2D eigenvalue weighted by molar-refractivity contribution is -0.0440. The van der Waals surface area contributed by atoms with Gasteiger partial charge in [0.05, 0.1) is 37.0 Å². The number of aromatic nitrogens is 2. The molecule has 0 unspecified atom stereocenters. The molecule has 0 radical (unpaired) electrons. The lowest BCUT2D eigenvalue weighted by Gasteiger charge is -2.34. The maximum atomic E-state index is 13.0. The molecule has 3 heterocycles. The number of aryl methyl sites for hydroxylation is 1. The third kappa shape index (κ3) is 4.26. The largest absolute Gasteiger partial charge is 0.373 e. The van der Waals surface area contributed by atoms with E-state index in [9.17, 15) is 13.2 Å². The minimum atomic E-state index is -3.66. The van der Waals surface area contributed by atoms with Crippen LogP contribution in [0.3, 0.4) is 0 Å². The fourth-order valence-electron chi connectivity index (χ4n) is 3.96. The van der Waals surface area contributed by atoms with Crippen molar-refractivity contribution in [3.63, 3.8) is 0 Å². The lowest BCUT2D eigenvalue weighted by atomic mass is 10.2. The van der Waals surface area contributed by atoms with Crippen LogP contribution in [-0.2, 0) is 14.8 Å². The predicted molar refractivity (Wildman–Crippen MR) is 131 cm³/mol. The normalized spacial score (nSPS) is 19.8. The highest BCUT2D eigenvalue weighted by atomic mass is 32.2. The number of ether oxygens (including phenoxy) is 1. The minimum Gasteiger partial charge on any atom is -0.373 e. The van der Waals surface area contributed by atoms with Crippen molar-refractivity contribution < 1.29 is 17.9 Å². The number of hydrogen-bond donors (Lipinski definition) is 1. The van der Waals surface area contributed by atoms with Crippen molar-refractivity contribution in [3.8, 4) is 0 Å². The van der Waals surface area contributed by atoms with Crippen LogP contribution in [0.25, 0.3) is 20.4 Å². The molecule has 0 saturated carbocycles. The van der Waals surface area contributed by atoms with Crippen LogP contribution in [-0.4, -0.2) is 53.9 Å². The standard InChI is InChI=1S/C22H22N4O4S3/c1-12-10-26(11-13(2)30-12)33(28,29)16-6-4-15(5-7-16)21(27)25-22-24-17-8-9-18-19(20(17)32-22)23-14(3)31-18/h4-9,12-13H,10-11H2,1-3H3,(H,24,25,27)/t12-,13-/m1/s1. The molecule has 8 nitrogen and oxygen atoms in total. The molecule has 1 amide bonds. The topological polar surface area (TPSA) is 101 Å². The predicted octanol–water partition coefficient (Wildman–Crippen LogP) is 4.26. The number of carbonyl (C=O) groups is 1. The molecular formula is C22H22N4O4S3. The average molecular weight is 503 g/mol. The molecule has 2 aromatic heterocycles. The van der Waals surface area contributed by atoms with Crippen LogP contribution in [0.15, 0.2) is 41.3 Å². The number of thiazole rings is 2. The van der Waals surface area contributed by atoms with Crippen molar-refractivity contribution in [2.75, 3.05) is 18.4 Å². The molecule has 1 fully saturated rings. The summed E-state index contributed by atoms with van der Waals surface area (Å²) in [5.74, 6) is -0.350. The summed E-state index contributed by atoms with van der Waals surface area (Å²) in [5, 5.41) is 4.27. The third-order valence-electron chi connectivity index (χ3n) is 5.38. The summed E-state index contributed by atoms with van der Waals surface area (Å²) < 4.78 is 35.1. The van der Waals surface area contributed by atoms with Gasteiger partial charge in [0.2, 0.25) is 10.0 Å². The Morgan fingerprint density at radius 2 is 1.76 bits per heavy atom. The highest BCUT2D eigenvalue weighted by Gasteiger charge is 2.32. The van der Waals surface area contributed by atoms with Gasteiger partial charge >= 0.3 is 0 Å². The highest BCUT2D eigenvalue weighted by molar-refractivity contribution is 7.89. The first-order chi connectivity index (χ1) is 15.7. The first kappa shape index (κ1) is 22.4. The molecule has 0 aliphatic carbocycles. The molecule has 1 aliphatic heterocycles. The van der Waals surface area contributed by atoms with Gasteiger partial charge in [0, 0.05) is 18.7 Å². The SMILES string of the molecule is Cc1nc2c(ccc3nc(NC(=O)c4ccc(S(=O)(=O)N5C[C@@H](C)O[C@H](C)C5)cc4)sc32)s1. The highest BCUT2D eigenvalue weighted by Crippen LogP contribution is 2.34. The number of carbonyl (C=O) groups excluding carboxylic acids is 1. The smallest absolute Gasteiger partial charge is 0.257 e. The van der Waals surface area contributed by atoms with E-state index in [-0.39, 0.29) is 23.0 Å². The molecule has 5 rings (SSSR count). The molecule has 0 bridgehead atoms. The van der Waals surface area contributed by atoms with Gasteiger partial charge in [-0.3, -0.25) is 10.1 Å². The number of fused-ring (bicyclic) bond motifs is 3. The Kier molecular flexibility index (Phi) is 5.69. The Hall–Kier alpha value is -2.44. The third-order valence-corrected chi connectivity index (χ3v) is 9.16. The number of amides is 1. The molecule has 1 N–H and O–H groups in total. The van der Waals surface area contributed by atoms with E-state index >= 15 is 0 Å². The maximum Gasteiger partial charge on any atom is 0.257 e. The van der Waals surface area contributed by atoms with Gasteiger partial charge in [0.15, 0.2) is 5.13 Å². The number of nitrogens with zero attached hydrogens (tertiary/aromatic N) is 3. The van der Waals surface area contributed by atoms with Gasteiger partial charge in [-0.1, -0.05) is 11.3 Å². The number of nitrogens with one attached hydrogen (secondary N) is 1. The van der Waals surface area contributed by atoms with Crippen molar-refractivity contribution in [2.24, 2.45) is 0 Å². The van der Waals surface area contributed by atoms with E-state index in [2.05, 4.69) is 15.3 Å². The van der Waals surface area contributed by atoms with Crippen LogP contribution in [0.1, 0.15) is 29.2 Å². The Morgan fingerprint density at radius 1 is 1.06 bits per heavy atom. The Bertz CT molecular complexity index is 1450. The molecule has 2 atom stereocenters. The summed E-state index contributed by atoms with van der Waals surface area (Å²) in [6.45, 7) is 6.28. The average Bonchev–Trinajstić information content (AvgIpc) is 3.35. The van der Waals surface area contributed by atoms with E-state index in [1.54, 1.807) is 11.3 Å². The second kappa shape index (κ2) is 8.41. The summed E-state index contributed by atoms with van der Waals surface area (Å²) >= 11 is 3.00. The van der Waals surface area contributed by atoms with Crippen LogP contribution < -0.4 is 5.32 Å². The molecule has 1 aliphatic rings. The number of hydrogen-bond acceptors (Lipinski definition) is 8. The first-order valence-corrected chi connectivity index (χ1v) is 13.5. The molecule has 0 spiro atoms. The summed E-state index contributed by atoms with van der Waals surface area (Å²) in [4.78, 5) is 22.0. The second-order valence-corrected chi connectivity index (χ2v) is 12.2. The van der Waals surface area contributed by atoms with Gasteiger partial charge in [-0.05, 0) is 57.2 Å². The molecular weight excluding hydrogens is 480 g/mol. The van der Waals surface area contributed by atoms with Gasteiger partial charge in [0.1, 0.15) is 5.52 Å². The number of anilines is 1. The number of morpholine rings is 1. The molecule has 172 valence electrons. The first-order valence-electron chi connectivity index (χ1n) is 10.4.